The van der Waals surface area contributed by atoms with E-state index in [0.29, 0.717) is 0 Å². The van der Waals surface area contributed by atoms with E-state index in [1.165, 1.54) is 0 Å². The summed E-state index contributed by atoms with van der Waals surface area (Å²) in [6.07, 6.45) is 1.97. The second-order valence-corrected chi connectivity index (χ2v) is 10.9. The summed E-state index contributed by atoms with van der Waals surface area (Å²) in [5, 5.41) is 3.12. The van der Waals surface area contributed by atoms with Gasteiger partial charge in [-0.05, 0) is 61.2 Å². The van der Waals surface area contributed by atoms with E-state index in [9.17, 15) is 0 Å². The van der Waals surface area contributed by atoms with Crippen molar-refractivity contribution < 1.29 is 4.74 Å². The van der Waals surface area contributed by atoms with Crippen molar-refractivity contribution in [2.75, 3.05) is 17.7 Å². The van der Waals surface area contributed by atoms with Crippen LogP contribution < -0.4 is 15.4 Å². The molecule has 172 valence electrons. The number of aromatic nitrogens is 1. The lowest BCUT2D eigenvalue weighted by Gasteiger charge is -2.45. The van der Waals surface area contributed by atoms with Crippen LogP contribution in [0.1, 0.15) is 19.4 Å². The number of aliphatic imine (C=N–C) groups is 1. The summed E-state index contributed by atoms with van der Waals surface area (Å²) in [6.45, 7) is 4.40. The first-order chi connectivity index (χ1) is 16.9. The molecule has 2 aliphatic rings. The molecule has 2 N–H and O–H groups in total. The van der Waals surface area contributed by atoms with Crippen LogP contribution in [0, 0.1) is 0 Å². The second kappa shape index (κ2) is 6.83. The summed E-state index contributed by atoms with van der Waals surface area (Å²) >= 11 is 1.68. The normalized spacial score (nSPS) is 19.8. The molecule has 35 heavy (non-hydrogen) atoms. The Balaban J connectivity index is 1.49. The van der Waals surface area contributed by atoms with Crippen LogP contribution >= 0.6 is 11.3 Å². The summed E-state index contributed by atoms with van der Waals surface area (Å²) in [4.78, 5) is 12.3. The third-order valence-electron chi connectivity index (χ3n) is 7.58. The zero-order chi connectivity index (χ0) is 23.9. The van der Waals surface area contributed by atoms with Crippen molar-refractivity contribution in [1.82, 2.24) is 4.98 Å². The zero-order valence-corrected chi connectivity index (χ0v) is 20.6. The van der Waals surface area contributed by atoms with Crippen molar-refractivity contribution in [3.05, 3.63) is 78.4 Å². The molecule has 0 radical (unpaired) electrons. The maximum absolute atomic E-state index is 7.12. The Hall–Kier alpha value is -3.90. The summed E-state index contributed by atoms with van der Waals surface area (Å²) in [6, 6.07) is 24.8. The van der Waals surface area contributed by atoms with E-state index in [4.69, 9.17) is 20.4 Å². The van der Waals surface area contributed by atoms with E-state index in [-0.39, 0.29) is 0 Å². The van der Waals surface area contributed by atoms with Gasteiger partial charge in [0.05, 0.1) is 27.4 Å². The number of fused-ring (bicyclic) bond motifs is 5. The number of likely N-dealkylation sites (N-methyl/N-ethyl adjacent to an activating group) is 1. The number of anilines is 2. The van der Waals surface area contributed by atoms with Crippen molar-refractivity contribution in [3.63, 3.8) is 0 Å². The van der Waals surface area contributed by atoms with Gasteiger partial charge in [-0.25, -0.2) is 4.98 Å². The fourth-order valence-electron chi connectivity index (χ4n) is 5.60. The molecule has 7 rings (SSSR count). The van der Waals surface area contributed by atoms with Crippen LogP contribution in [0.3, 0.4) is 0 Å². The lowest BCUT2D eigenvalue weighted by molar-refractivity contribution is 0.0833. The van der Waals surface area contributed by atoms with E-state index >= 15 is 0 Å². The zero-order valence-electron chi connectivity index (χ0n) is 19.7. The van der Waals surface area contributed by atoms with Gasteiger partial charge in [-0.1, -0.05) is 36.4 Å². The number of thiazole rings is 1. The lowest BCUT2D eigenvalue weighted by atomic mass is 9.77. The van der Waals surface area contributed by atoms with Gasteiger partial charge in [-0.2, -0.15) is 0 Å². The number of rotatable bonds is 1. The topological polar surface area (TPSA) is 63.7 Å². The van der Waals surface area contributed by atoms with Crippen LogP contribution in [0.5, 0.6) is 5.75 Å². The SMILES string of the molecule is CN1c2ccc(N)cc2C(C)(C)C12C=Nc1c(c(-c3nc4ccccc4s3)cc3ccccc13)O2. The fourth-order valence-corrected chi connectivity index (χ4v) is 6.58. The molecule has 0 fully saturated rings. The standard InChI is InChI=1S/C29H24N4OS/c1-28(2)21-15-18(30)12-13-23(21)33(3)29(28)16-31-25-19-9-5-4-8-17(19)14-20(26(25)34-29)27-32-22-10-6-7-11-24(22)35-27/h4-16H,30H2,1-3H3. The largest absolute Gasteiger partial charge is 0.459 e. The Bertz CT molecular complexity index is 1670. The predicted octanol–water partition coefficient (Wildman–Crippen LogP) is 6.92. The molecule has 0 saturated carbocycles. The van der Waals surface area contributed by atoms with Gasteiger partial charge in [-0.15, -0.1) is 11.3 Å². The molecule has 0 bridgehead atoms. The minimum Gasteiger partial charge on any atom is -0.459 e. The van der Waals surface area contributed by atoms with Gasteiger partial charge in [0.2, 0.25) is 5.72 Å². The van der Waals surface area contributed by atoms with Crippen LogP contribution in [0.4, 0.5) is 17.1 Å². The molecule has 0 amide bonds. The molecule has 0 aliphatic carbocycles. The molecule has 5 nitrogen and oxygen atoms in total. The van der Waals surface area contributed by atoms with Gasteiger partial charge in [-0.3, -0.25) is 4.99 Å². The van der Waals surface area contributed by atoms with Crippen molar-refractivity contribution in [3.8, 4) is 16.3 Å². The van der Waals surface area contributed by atoms with Gasteiger partial charge < -0.3 is 15.4 Å². The van der Waals surface area contributed by atoms with Gasteiger partial charge in [0.1, 0.15) is 10.7 Å². The average molecular weight is 477 g/mol. The predicted molar refractivity (Wildman–Crippen MR) is 146 cm³/mol. The molecule has 1 atom stereocenters. The Morgan fingerprint density at radius 1 is 0.971 bits per heavy atom. The molecule has 4 aromatic carbocycles. The third kappa shape index (κ3) is 2.63. The van der Waals surface area contributed by atoms with Crippen molar-refractivity contribution in [1.29, 1.82) is 0 Å². The van der Waals surface area contributed by atoms with Crippen molar-refractivity contribution in [2.45, 2.75) is 25.0 Å². The number of ether oxygens (including phenoxy) is 1. The molecule has 1 spiro atoms. The first kappa shape index (κ1) is 20.5. The van der Waals surface area contributed by atoms with Gasteiger partial charge in [0.15, 0.2) is 5.75 Å². The minimum atomic E-state index is -0.802. The van der Waals surface area contributed by atoms with Crippen LogP contribution in [0.25, 0.3) is 31.6 Å². The highest BCUT2D eigenvalue weighted by Crippen LogP contribution is 2.56. The van der Waals surface area contributed by atoms with E-state index in [0.717, 1.165) is 59.9 Å². The average Bonchev–Trinajstić information content (AvgIpc) is 3.36. The molecule has 1 aromatic heterocycles. The number of hydrogen-bond donors (Lipinski definition) is 1. The highest BCUT2D eigenvalue weighted by atomic mass is 32.1. The molecule has 6 heteroatoms. The van der Waals surface area contributed by atoms with Gasteiger partial charge in [0, 0.05) is 23.8 Å². The second-order valence-electron chi connectivity index (χ2n) is 9.83. The van der Waals surface area contributed by atoms with Crippen LogP contribution in [0.2, 0.25) is 0 Å². The fraction of sp³-hybridized carbons (Fsp3) is 0.172. The molecule has 3 heterocycles. The van der Waals surface area contributed by atoms with Crippen molar-refractivity contribution >= 4 is 55.6 Å². The number of nitrogens with two attached hydrogens (primary N) is 1. The minimum absolute atomic E-state index is 0.399. The molecular weight excluding hydrogens is 452 g/mol. The Morgan fingerprint density at radius 3 is 2.63 bits per heavy atom. The number of benzene rings is 4. The van der Waals surface area contributed by atoms with Crippen LogP contribution in [-0.2, 0) is 5.41 Å². The summed E-state index contributed by atoms with van der Waals surface area (Å²) < 4.78 is 8.27. The van der Waals surface area contributed by atoms with E-state index in [1.807, 2.05) is 24.4 Å². The highest BCUT2D eigenvalue weighted by Gasteiger charge is 2.59. The first-order valence-corrected chi connectivity index (χ1v) is 12.5. The maximum atomic E-state index is 7.12. The van der Waals surface area contributed by atoms with Crippen LogP contribution in [0.15, 0.2) is 77.8 Å². The summed E-state index contributed by atoms with van der Waals surface area (Å²) in [5.41, 5.74) is 10.8. The summed E-state index contributed by atoms with van der Waals surface area (Å²) in [5.74, 6) is 0.769. The molecule has 5 aromatic rings. The highest BCUT2D eigenvalue weighted by molar-refractivity contribution is 7.21. The lowest BCUT2D eigenvalue weighted by Crippen LogP contribution is -2.61. The Kier molecular flexibility index (Phi) is 3.99. The maximum Gasteiger partial charge on any atom is 0.228 e. The molecular formula is C29H24N4OS. The van der Waals surface area contributed by atoms with E-state index < -0.39 is 11.1 Å². The smallest absolute Gasteiger partial charge is 0.228 e. The third-order valence-corrected chi connectivity index (χ3v) is 8.64. The Morgan fingerprint density at radius 2 is 1.77 bits per heavy atom. The van der Waals surface area contributed by atoms with Gasteiger partial charge >= 0.3 is 0 Å². The molecule has 0 saturated heterocycles. The van der Waals surface area contributed by atoms with Gasteiger partial charge in [0.25, 0.3) is 0 Å². The summed E-state index contributed by atoms with van der Waals surface area (Å²) in [7, 11) is 2.07. The number of nitrogens with zero attached hydrogens (tertiary/aromatic N) is 3. The van der Waals surface area contributed by atoms with Crippen molar-refractivity contribution in [2.24, 2.45) is 4.99 Å². The number of hydrogen-bond acceptors (Lipinski definition) is 6. The molecule has 1 unspecified atom stereocenters. The quantitative estimate of drug-likeness (QED) is 0.267. The molecule has 2 aliphatic heterocycles. The first-order valence-electron chi connectivity index (χ1n) is 11.7. The van der Waals surface area contributed by atoms with E-state index in [1.54, 1.807) is 11.3 Å². The van der Waals surface area contributed by atoms with E-state index in [2.05, 4.69) is 80.4 Å². The number of para-hydroxylation sites is 1. The Labute approximate surface area is 207 Å². The van der Waals surface area contributed by atoms with Crippen LogP contribution in [-0.4, -0.2) is 24.0 Å². The number of nitrogen functional groups attached to an aromatic ring is 1. The monoisotopic (exact) mass is 476 g/mol.